The van der Waals surface area contributed by atoms with E-state index in [1.807, 2.05) is 0 Å². The van der Waals surface area contributed by atoms with Crippen molar-refractivity contribution in [1.29, 1.82) is 0 Å². The first kappa shape index (κ1) is 8.91. The van der Waals surface area contributed by atoms with Gasteiger partial charge in [-0.15, -0.1) is 12.4 Å². The second kappa shape index (κ2) is 3.85. The van der Waals surface area contributed by atoms with Gasteiger partial charge in [0.05, 0.1) is 5.69 Å². The van der Waals surface area contributed by atoms with Crippen LogP contribution in [0, 0.1) is 0 Å². The van der Waals surface area contributed by atoms with E-state index in [2.05, 4.69) is 4.98 Å². The minimum atomic E-state index is -0.375. The molecule has 0 saturated heterocycles. The van der Waals surface area contributed by atoms with Gasteiger partial charge in [0, 0.05) is 6.20 Å². The Labute approximate surface area is 64.3 Å². The summed E-state index contributed by atoms with van der Waals surface area (Å²) < 4.78 is 0. The summed E-state index contributed by atoms with van der Waals surface area (Å²) in [7, 11) is 0. The summed E-state index contributed by atoms with van der Waals surface area (Å²) in [6, 6.07) is 4.84. The van der Waals surface area contributed by atoms with Crippen molar-refractivity contribution in [3.05, 3.63) is 34.7 Å². The lowest BCUT2D eigenvalue weighted by Crippen LogP contribution is -2.06. The monoisotopic (exact) mass is 158 g/mol. The van der Waals surface area contributed by atoms with Gasteiger partial charge in [-0.25, -0.2) is 4.98 Å². The Morgan fingerprint density at radius 3 is 2.80 bits per heavy atom. The molecular weight excluding hydrogens is 152 g/mol. The van der Waals surface area contributed by atoms with Gasteiger partial charge in [0.15, 0.2) is 0 Å². The molecule has 1 rings (SSSR count). The highest BCUT2D eigenvalue weighted by atomic mass is 35.5. The molecule has 1 aromatic rings. The predicted molar refractivity (Wildman–Crippen MR) is 42.2 cm³/mol. The number of nitrogen functional groups attached to an aromatic ring is 1. The Kier molecular flexibility index (Phi) is 3.43. The summed E-state index contributed by atoms with van der Waals surface area (Å²) >= 11 is 0. The zero-order valence-corrected chi connectivity index (χ0v) is 5.97. The lowest BCUT2D eigenvalue weighted by atomic mass is 10.5. The van der Waals surface area contributed by atoms with Gasteiger partial charge in [-0.05, 0) is 12.1 Å². The molecule has 0 aliphatic carbocycles. The van der Waals surface area contributed by atoms with E-state index < -0.39 is 0 Å². The molecule has 0 aliphatic rings. The minimum absolute atomic E-state index is 0. The van der Waals surface area contributed by atoms with Gasteiger partial charge in [0.1, 0.15) is 0 Å². The van der Waals surface area contributed by atoms with Crippen molar-refractivity contribution < 1.29 is 0 Å². The summed E-state index contributed by atoms with van der Waals surface area (Å²) in [5, 5.41) is 0. The number of nitrogens with zero attached hydrogens (tertiary/aromatic N) is 1. The van der Waals surface area contributed by atoms with E-state index in [0.29, 0.717) is 0 Å². The van der Waals surface area contributed by atoms with Crippen LogP contribution in [0.2, 0.25) is 0 Å². The molecule has 54 valence electrons. The average molecular weight is 159 g/mol. The summed E-state index contributed by atoms with van der Waals surface area (Å²) in [6.07, 6.45) is 1.42. The molecule has 0 spiro atoms. The first-order valence-corrected chi connectivity index (χ1v) is 2.51. The zero-order valence-electron chi connectivity index (χ0n) is 5.15. The van der Waals surface area contributed by atoms with Crippen LogP contribution in [0.25, 0.3) is 0 Å². The van der Waals surface area contributed by atoms with Crippen LogP contribution in [-0.4, -0.2) is 4.98 Å². The average Bonchev–Trinajstić information content (AvgIpc) is 1.99. The first-order chi connectivity index (χ1) is 4.30. The fourth-order valence-corrected chi connectivity index (χ4v) is 0.465. The molecular formula is C6H7ClN2O. The zero-order chi connectivity index (χ0) is 6.69. The highest BCUT2D eigenvalue weighted by Gasteiger charge is 1.84. The van der Waals surface area contributed by atoms with E-state index in [9.17, 15) is 4.79 Å². The van der Waals surface area contributed by atoms with E-state index in [-0.39, 0.29) is 23.7 Å². The van der Waals surface area contributed by atoms with Crippen LogP contribution in [0.3, 0.4) is 0 Å². The molecule has 3 nitrogen and oxygen atoms in total. The summed E-state index contributed by atoms with van der Waals surface area (Å²) in [6.45, 7) is 0. The highest BCUT2D eigenvalue weighted by Crippen LogP contribution is 1.84. The van der Waals surface area contributed by atoms with Crippen molar-refractivity contribution in [2.24, 2.45) is 0 Å². The molecule has 0 fully saturated rings. The van der Waals surface area contributed by atoms with E-state index in [0.717, 1.165) is 0 Å². The van der Waals surface area contributed by atoms with Crippen LogP contribution in [0.1, 0.15) is 0 Å². The third-order valence-corrected chi connectivity index (χ3v) is 0.912. The number of hydrogen-bond acceptors (Lipinski definition) is 3. The van der Waals surface area contributed by atoms with Crippen molar-refractivity contribution in [3.8, 4) is 0 Å². The summed E-state index contributed by atoms with van der Waals surface area (Å²) in [4.78, 5) is 14.0. The molecule has 0 atom stereocenters. The van der Waals surface area contributed by atoms with Crippen LogP contribution in [0.5, 0.6) is 0 Å². The third-order valence-electron chi connectivity index (χ3n) is 0.912. The normalized spacial score (nSPS) is 8.00. The Morgan fingerprint density at radius 1 is 1.40 bits per heavy atom. The molecule has 0 amide bonds. The van der Waals surface area contributed by atoms with Crippen molar-refractivity contribution >= 4 is 18.1 Å². The summed E-state index contributed by atoms with van der Waals surface area (Å²) in [5.74, 6) is 0. The number of aromatic nitrogens is 1. The maximum absolute atomic E-state index is 10.6. The van der Waals surface area contributed by atoms with Crippen LogP contribution < -0.4 is 11.3 Å². The molecule has 1 heterocycles. The number of rotatable bonds is 0. The molecule has 0 saturated carbocycles. The molecule has 1 aromatic heterocycles. The maximum Gasteiger partial charge on any atom is 0.292 e. The second-order valence-corrected chi connectivity index (χ2v) is 1.59. The van der Waals surface area contributed by atoms with Gasteiger partial charge < -0.3 is 5.73 Å². The molecule has 0 bridgehead atoms. The highest BCUT2D eigenvalue weighted by molar-refractivity contribution is 5.85. The van der Waals surface area contributed by atoms with E-state index in [4.69, 9.17) is 5.73 Å². The van der Waals surface area contributed by atoms with Crippen molar-refractivity contribution in [2.45, 2.75) is 0 Å². The smallest absolute Gasteiger partial charge is 0.292 e. The molecule has 2 N–H and O–H groups in total. The van der Waals surface area contributed by atoms with Gasteiger partial charge >= 0.3 is 0 Å². The molecule has 0 aliphatic heterocycles. The number of nitrogens with two attached hydrogens (primary N) is 1. The standard InChI is InChI=1S/C6H6N2O.ClH/c7-5-3-1-2-4-8-6(5)9;/h1-4H,(H2,7,8,9);1H. The SMILES string of the molecule is Cl.Nc1ccccnc1=O. The van der Waals surface area contributed by atoms with Crippen LogP contribution in [-0.2, 0) is 0 Å². The fourth-order valence-electron chi connectivity index (χ4n) is 0.465. The number of halogens is 1. The topological polar surface area (TPSA) is 56.0 Å². The minimum Gasteiger partial charge on any atom is -0.394 e. The molecule has 10 heavy (non-hydrogen) atoms. The maximum atomic E-state index is 10.6. The van der Waals surface area contributed by atoms with Crippen molar-refractivity contribution in [3.63, 3.8) is 0 Å². The quantitative estimate of drug-likeness (QED) is 0.597. The summed E-state index contributed by atoms with van der Waals surface area (Å²) in [5.41, 5.74) is 5.03. The predicted octanol–water partition coefficient (Wildman–Crippen LogP) is 0.446. The van der Waals surface area contributed by atoms with Gasteiger partial charge in [-0.1, -0.05) is 6.07 Å². The van der Waals surface area contributed by atoms with Crippen molar-refractivity contribution in [1.82, 2.24) is 4.98 Å². The molecule has 0 aromatic carbocycles. The third kappa shape index (κ3) is 2.03. The first-order valence-electron chi connectivity index (χ1n) is 2.51. The Hall–Kier alpha value is -1.09. The molecule has 0 unspecified atom stereocenters. The fraction of sp³-hybridized carbons (Fsp3) is 0. The lowest BCUT2D eigenvalue weighted by Gasteiger charge is -1.74. The van der Waals surface area contributed by atoms with E-state index in [1.54, 1.807) is 12.1 Å². The van der Waals surface area contributed by atoms with Crippen LogP contribution >= 0.6 is 12.4 Å². The lowest BCUT2D eigenvalue weighted by molar-refractivity contribution is 1.28. The number of anilines is 1. The Bertz CT molecular complexity index is 264. The van der Waals surface area contributed by atoms with Crippen LogP contribution in [0.4, 0.5) is 5.69 Å². The van der Waals surface area contributed by atoms with E-state index >= 15 is 0 Å². The van der Waals surface area contributed by atoms with Gasteiger partial charge in [0.2, 0.25) is 0 Å². The van der Waals surface area contributed by atoms with Gasteiger partial charge in [-0.3, -0.25) is 4.79 Å². The second-order valence-electron chi connectivity index (χ2n) is 1.59. The van der Waals surface area contributed by atoms with Gasteiger partial charge in [-0.2, -0.15) is 0 Å². The molecule has 4 heteroatoms. The largest absolute Gasteiger partial charge is 0.394 e. The molecule has 0 radical (unpaired) electrons. The van der Waals surface area contributed by atoms with Gasteiger partial charge in [0.25, 0.3) is 5.56 Å². The number of hydrogen-bond donors (Lipinski definition) is 1. The van der Waals surface area contributed by atoms with E-state index in [1.165, 1.54) is 12.3 Å². The van der Waals surface area contributed by atoms with Crippen molar-refractivity contribution in [2.75, 3.05) is 5.73 Å². The Balaban J connectivity index is 0.000000810. The Morgan fingerprint density at radius 2 is 2.10 bits per heavy atom. The van der Waals surface area contributed by atoms with Crippen LogP contribution in [0.15, 0.2) is 29.2 Å².